The lowest BCUT2D eigenvalue weighted by molar-refractivity contribution is -0.139. The third-order valence-corrected chi connectivity index (χ3v) is 4.20. The van der Waals surface area contributed by atoms with Crippen LogP contribution < -0.4 is 4.72 Å². The Balaban J connectivity index is 4.38. The van der Waals surface area contributed by atoms with Crippen molar-refractivity contribution in [2.24, 2.45) is 0 Å². The van der Waals surface area contributed by atoms with Gasteiger partial charge in [-0.15, -0.1) is 0 Å². The molecule has 0 rings (SSSR count). The van der Waals surface area contributed by atoms with Gasteiger partial charge in [-0.2, -0.15) is 0 Å². The molecule has 0 bridgehead atoms. The van der Waals surface area contributed by atoms with Crippen molar-refractivity contribution in [1.82, 2.24) is 4.72 Å². The van der Waals surface area contributed by atoms with Gasteiger partial charge < -0.3 is 9.84 Å². The van der Waals surface area contributed by atoms with E-state index in [2.05, 4.69) is 4.72 Å². The van der Waals surface area contributed by atoms with Crippen LogP contribution in [0, 0.1) is 0 Å². The Morgan fingerprint density at radius 3 is 2.25 bits per heavy atom. The minimum atomic E-state index is -3.46. The first-order valence-corrected chi connectivity index (χ1v) is 6.32. The van der Waals surface area contributed by atoms with E-state index in [1.165, 1.54) is 7.11 Å². The van der Waals surface area contributed by atoms with Crippen molar-refractivity contribution < 1.29 is 23.1 Å². The number of nitrogens with one attached hydrogen (secondary N) is 1. The average Bonchev–Trinajstić information content (AvgIpc) is 2.09. The molecule has 16 heavy (non-hydrogen) atoms. The second-order valence-electron chi connectivity index (χ2n) is 4.42. The number of hydrogen-bond acceptors (Lipinski definition) is 4. The first kappa shape index (κ1) is 15.3. The molecule has 96 valence electrons. The number of carboxylic acid groups (broad SMARTS) is 1. The van der Waals surface area contributed by atoms with Gasteiger partial charge in [-0.3, -0.25) is 4.79 Å². The molecule has 0 aliphatic rings. The Hall–Kier alpha value is -0.660. The van der Waals surface area contributed by atoms with Crippen molar-refractivity contribution in [1.29, 1.82) is 0 Å². The van der Waals surface area contributed by atoms with E-state index >= 15 is 0 Å². The number of carboxylic acids is 1. The highest BCUT2D eigenvalue weighted by molar-refractivity contribution is 7.90. The second kappa shape index (κ2) is 5.60. The van der Waals surface area contributed by atoms with Crippen LogP contribution in [0.5, 0.6) is 0 Å². The molecule has 1 atom stereocenters. The summed E-state index contributed by atoms with van der Waals surface area (Å²) < 4.78 is 29.6. The predicted molar refractivity (Wildman–Crippen MR) is 59.7 cm³/mol. The first-order valence-electron chi connectivity index (χ1n) is 4.84. The molecular weight excluding hydrogens is 234 g/mol. The lowest BCUT2D eigenvalue weighted by Crippen LogP contribution is -2.43. The van der Waals surface area contributed by atoms with E-state index in [1.54, 1.807) is 20.8 Å². The molecule has 0 aromatic carbocycles. The van der Waals surface area contributed by atoms with E-state index in [9.17, 15) is 13.2 Å². The molecule has 1 unspecified atom stereocenters. The fraction of sp³-hybridized carbons (Fsp3) is 0.889. The maximum atomic E-state index is 11.6. The molecule has 0 heterocycles. The van der Waals surface area contributed by atoms with Gasteiger partial charge in [0.05, 0.1) is 17.3 Å². The van der Waals surface area contributed by atoms with Crippen LogP contribution in [0.3, 0.4) is 0 Å². The maximum absolute atomic E-state index is 11.6. The van der Waals surface area contributed by atoms with E-state index < -0.39 is 26.8 Å². The van der Waals surface area contributed by atoms with Gasteiger partial charge in [0.2, 0.25) is 10.0 Å². The third-order valence-electron chi connectivity index (χ3n) is 2.04. The Morgan fingerprint density at radius 2 is 1.94 bits per heavy atom. The summed E-state index contributed by atoms with van der Waals surface area (Å²) in [5.41, 5.74) is 0. The molecule has 2 N–H and O–H groups in total. The zero-order valence-electron chi connectivity index (χ0n) is 9.98. The van der Waals surface area contributed by atoms with Crippen LogP contribution >= 0.6 is 0 Å². The van der Waals surface area contributed by atoms with Crippen LogP contribution in [0.15, 0.2) is 0 Å². The van der Waals surface area contributed by atoms with Crippen molar-refractivity contribution in [2.75, 3.05) is 13.7 Å². The number of aliphatic carboxylic acids is 1. The van der Waals surface area contributed by atoms with Gasteiger partial charge in [-0.1, -0.05) is 0 Å². The van der Waals surface area contributed by atoms with Gasteiger partial charge in [0.15, 0.2) is 0 Å². The van der Waals surface area contributed by atoms with Crippen molar-refractivity contribution in [3.8, 4) is 0 Å². The highest BCUT2D eigenvalue weighted by atomic mass is 32.2. The van der Waals surface area contributed by atoms with Crippen LogP contribution in [-0.2, 0) is 19.6 Å². The topological polar surface area (TPSA) is 92.7 Å². The molecule has 0 saturated heterocycles. The number of ether oxygens (including phenoxy) is 1. The largest absolute Gasteiger partial charge is 0.481 e. The number of carbonyl (C=O) groups is 1. The summed E-state index contributed by atoms with van der Waals surface area (Å²) in [5, 5.41) is 8.55. The summed E-state index contributed by atoms with van der Waals surface area (Å²) >= 11 is 0. The van der Waals surface area contributed by atoms with Gasteiger partial charge >= 0.3 is 5.97 Å². The van der Waals surface area contributed by atoms with Crippen molar-refractivity contribution in [2.45, 2.75) is 38.0 Å². The van der Waals surface area contributed by atoms with E-state index in [1.807, 2.05) is 0 Å². The highest BCUT2D eigenvalue weighted by Crippen LogP contribution is 2.13. The van der Waals surface area contributed by atoms with Crippen LogP contribution in [0.2, 0.25) is 0 Å². The number of hydrogen-bond donors (Lipinski definition) is 2. The molecule has 0 spiro atoms. The Bertz CT molecular complexity index is 330. The normalized spacial score (nSPS) is 14.8. The quantitative estimate of drug-likeness (QED) is 0.705. The summed E-state index contributed by atoms with van der Waals surface area (Å²) in [7, 11) is -2.12. The zero-order chi connectivity index (χ0) is 13.0. The Kier molecular flexibility index (Phi) is 5.37. The molecule has 0 aromatic heterocycles. The fourth-order valence-electron chi connectivity index (χ4n) is 0.853. The molecule has 0 radical (unpaired) electrons. The van der Waals surface area contributed by atoms with Gasteiger partial charge in [-0.25, -0.2) is 13.1 Å². The minimum absolute atomic E-state index is 0.0393. The summed E-state index contributed by atoms with van der Waals surface area (Å²) in [6.45, 7) is 4.65. The maximum Gasteiger partial charge on any atom is 0.306 e. The van der Waals surface area contributed by atoms with Crippen LogP contribution in [0.4, 0.5) is 0 Å². The molecule has 0 aromatic rings. The van der Waals surface area contributed by atoms with Crippen LogP contribution in [0.1, 0.15) is 27.2 Å². The number of methoxy groups -OCH3 is 1. The lowest BCUT2D eigenvalue weighted by Gasteiger charge is -2.21. The Morgan fingerprint density at radius 1 is 1.44 bits per heavy atom. The van der Waals surface area contributed by atoms with Crippen LogP contribution in [0.25, 0.3) is 0 Å². The molecule has 0 aliphatic heterocycles. The Labute approximate surface area is 96.0 Å². The molecule has 6 nitrogen and oxygen atoms in total. The molecule has 0 amide bonds. The van der Waals surface area contributed by atoms with Crippen molar-refractivity contribution in [3.05, 3.63) is 0 Å². The molecule has 0 saturated carbocycles. The third kappa shape index (κ3) is 4.91. The molecular formula is C9H19NO5S. The van der Waals surface area contributed by atoms with Crippen molar-refractivity contribution >= 4 is 16.0 Å². The van der Waals surface area contributed by atoms with Gasteiger partial charge in [0.1, 0.15) is 0 Å². The highest BCUT2D eigenvalue weighted by Gasteiger charge is 2.29. The SMILES string of the molecule is COC(CNS(=O)(=O)C(C)(C)C)CC(=O)O. The predicted octanol–water partition coefficient (Wildman–Crippen LogP) is 0.194. The number of rotatable bonds is 6. The minimum Gasteiger partial charge on any atom is -0.481 e. The molecule has 0 aliphatic carbocycles. The standard InChI is InChI=1S/C9H19NO5S/c1-9(2,3)16(13,14)10-6-7(15-4)5-8(11)12/h7,10H,5-6H2,1-4H3,(H,11,12). The summed E-state index contributed by atoms with van der Waals surface area (Å²) in [6.07, 6.45) is -0.891. The smallest absolute Gasteiger partial charge is 0.306 e. The van der Waals surface area contributed by atoms with E-state index in [0.29, 0.717) is 0 Å². The summed E-state index contributed by atoms with van der Waals surface area (Å²) in [5.74, 6) is -1.03. The first-order chi connectivity index (χ1) is 7.10. The number of sulfonamides is 1. The zero-order valence-corrected chi connectivity index (χ0v) is 10.8. The van der Waals surface area contributed by atoms with Crippen molar-refractivity contribution in [3.63, 3.8) is 0 Å². The van der Waals surface area contributed by atoms with Gasteiger partial charge in [-0.05, 0) is 20.8 Å². The monoisotopic (exact) mass is 253 g/mol. The van der Waals surface area contributed by atoms with Gasteiger partial charge in [0, 0.05) is 13.7 Å². The van der Waals surface area contributed by atoms with E-state index in [0.717, 1.165) is 0 Å². The molecule has 0 fully saturated rings. The summed E-state index contributed by atoms with van der Waals surface area (Å²) in [4.78, 5) is 10.4. The molecule has 7 heteroatoms. The van der Waals surface area contributed by atoms with Gasteiger partial charge in [0.25, 0.3) is 0 Å². The van der Waals surface area contributed by atoms with E-state index in [-0.39, 0.29) is 13.0 Å². The second-order valence-corrected chi connectivity index (χ2v) is 6.94. The van der Waals surface area contributed by atoms with E-state index in [4.69, 9.17) is 9.84 Å². The average molecular weight is 253 g/mol. The fourth-order valence-corrected chi connectivity index (χ4v) is 1.69. The lowest BCUT2D eigenvalue weighted by atomic mass is 10.2. The van der Waals surface area contributed by atoms with Crippen LogP contribution in [-0.4, -0.2) is 44.0 Å². The summed E-state index contributed by atoms with van der Waals surface area (Å²) in [6, 6.07) is 0.